The molecule has 19 heavy (non-hydrogen) atoms. The number of benzene rings is 1. The van der Waals surface area contributed by atoms with Crippen LogP contribution in [0.3, 0.4) is 0 Å². The minimum absolute atomic E-state index is 0.319. The van der Waals surface area contributed by atoms with Crippen molar-refractivity contribution in [3.63, 3.8) is 0 Å². The first kappa shape index (κ1) is 13.0. The van der Waals surface area contributed by atoms with Gasteiger partial charge in [0.2, 0.25) is 0 Å². The molecule has 2 aromatic rings. The second-order valence-corrected chi connectivity index (χ2v) is 4.54. The maximum absolute atomic E-state index is 9.01. The average molecular weight is 256 g/mol. The van der Waals surface area contributed by atoms with E-state index in [0.717, 1.165) is 5.69 Å². The standard InChI is InChI=1S/C14H16N4O/c1-10(2)18-6-5-13(17-18)9-19-14-4-3-12(16)7-11(14)8-15/h3-7,10H,9,16H2,1-2H3. The van der Waals surface area contributed by atoms with E-state index < -0.39 is 0 Å². The fourth-order valence-electron chi connectivity index (χ4n) is 1.65. The van der Waals surface area contributed by atoms with Crippen LogP contribution < -0.4 is 10.5 Å². The number of aromatic nitrogens is 2. The Morgan fingerprint density at radius 3 is 2.84 bits per heavy atom. The summed E-state index contributed by atoms with van der Waals surface area (Å²) in [5.74, 6) is 0.524. The summed E-state index contributed by atoms with van der Waals surface area (Å²) < 4.78 is 7.48. The van der Waals surface area contributed by atoms with Crippen molar-refractivity contribution in [2.75, 3.05) is 5.73 Å². The smallest absolute Gasteiger partial charge is 0.137 e. The quantitative estimate of drug-likeness (QED) is 0.852. The Bertz CT molecular complexity index is 610. The van der Waals surface area contributed by atoms with Crippen LogP contribution in [0.5, 0.6) is 5.75 Å². The number of rotatable bonds is 4. The largest absolute Gasteiger partial charge is 0.486 e. The summed E-state index contributed by atoms with van der Waals surface area (Å²) in [6, 6.07) is 9.30. The Kier molecular flexibility index (Phi) is 3.71. The van der Waals surface area contributed by atoms with Crippen molar-refractivity contribution in [1.29, 1.82) is 5.26 Å². The van der Waals surface area contributed by atoms with Crippen LogP contribution >= 0.6 is 0 Å². The van der Waals surface area contributed by atoms with E-state index in [9.17, 15) is 0 Å². The highest BCUT2D eigenvalue weighted by Crippen LogP contribution is 2.21. The number of ether oxygens (including phenoxy) is 1. The number of nitrogens with zero attached hydrogens (tertiary/aromatic N) is 3. The second kappa shape index (κ2) is 5.44. The van der Waals surface area contributed by atoms with Gasteiger partial charge in [0, 0.05) is 17.9 Å². The molecule has 0 unspecified atom stereocenters. The lowest BCUT2D eigenvalue weighted by Gasteiger charge is -2.07. The van der Waals surface area contributed by atoms with Crippen LogP contribution in [0, 0.1) is 11.3 Å². The molecule has 1 heterocycles. The van der Waals surface area contributed by atoms with Crippen molar-refractivity contribution in [1.82, 2.24) is 9.78 Å². The highest BCUT2D eigenvalue weighted by Gasteiger charge is 2.06. The normalized spacial score (nSPS) is 10.4. The molecule has 0 spiro atoms. The SMILES string of the molecule is CC(C)n1ccc(COc2ccc(N)cc2C#N)n1. The molecule has 2 N–H and O–H groups in total. The lowest BCUT2D eigenvalue weighted by molar-refractivity contribution is 0.298. The maximum atomic E-state index is 9.01. The van der Waals surface area contributed by atoms with E-state index in [1.54, 1.807) is 18.2 Å². The van der Waals surface area contributed by atoms with E-state index in [1.165, 1.54) is 0 Å². The predicted molar refractivity (Wildman–Crippen MR) is 72.5 cm³/mol. The van der Waals surface area contributed by atoms with Gasteiger partial charge in [-0.25, -0.2) is 0 Å². The van der Waals surface area contributed by atoms with Crippen molar-refractivity contribution in [2.45, 2.75) is 26.5 Å². The van der Waals surface area contributed by atoms with Crippen molar-refractivity contribution < 1.29 is 4.74 Å². The summed E-state index contributed by atoms with van der Waals surface area (Å²) in [6.45, 7) is 4.45. The number of anilines is 1. The third-order valence-corrected chi connectivity index (χ3v) is 2.69. The van der Waals surface area contributed by atoms with Crippen molar-refractivity contribution in [3.05, 3.63) is 41.7 Å². The van der Waals surface area contributed by atoms with Gasteiger partial charge in [-0.3, -0.25) is 4.68 Å². The Labute approximate surface area is 112 Å². The summed E-state index contributed by atoms with van der Waals surface area (Å²) in [5, 5.41) is 13.4. The maximum Gasteiger partial charge on any atom is 0.137 e. The zero-order valence-corrected chi connectivity index (χ0v) is 11.0. The number of hydrogen-bond acceptors (Lipinski definition) is 4. The van der Waals surface area contributed by atoms with Gasteiger partial charge in [0.15, 0.2) is 0 Å². The molecule has 0 saturated carbocycles. The Morgan fingerprint density at radius 2 is 2.21 bits per heavy atom. The summed E-state index contributed by atoms with van der Waals surface area (Å²) >= 11 is 0. The monoisotopic (exact) mass is 256 g/mol. The summed E-state index contributed by atoms with van der Waals surface area (Å²) in [5.41, 5.74) is 7.44. The zero-order valence-electron chi connectivity index (χ0n) is 11.0. The molecule has 2 rings (SSSR count). The Balaban J connectivity index is 2.08. The van der Waals surface area contributed by atoms with Gasteiger partial charge >= 0.3 is 0 Å². The molecular weight excluding hydrogens is 240 g/mol. The molecule has 5 heteroatoms. The topological polar surface area (TPSA) is 76.9 Å². The molecule has 0 aliphatic rings. The molecule has 5 nitrogen and oxygen atoms in total. The van der Waals surface area contributed by atoms with Crippen LogP contribution in [0.1, 0.15) is 31.1 Å². The number of hydrogen-bond donors (Lipinski definition) is 1. The predicted octanol–water partition coefficient (Wildman–Crippen LogP) is 2.50. The summed E-state index contributed by atoms with van der Waals surface area (Å²) in [7, 11) is 0. The third kappa shape index (κ3) is 3.05. The molecule has 0 aliphatic heterocycles. The van der Waals surface area contributed by atoms with Gasteiger partial charge < -0.3 is 10.5 Å². The highest BCUT2D eigenvalue weighted by molar-refractivity contribution is 5.53. The molecule has 0 fully saturated rings. The average Bonchev–Trinajstić information content (AvgIpc) is 2.86. The summed E-state index contributed by atoms with van der Waals surface area (Å²) in [4.78, 5) is 0. The van der Waals surface area contributed by atoms with Crippen LogP contribution in [0.2, 0.25) is 0 Å². The van der Waals surface area contributed by atoms with Gasteiger partial charge in [0.25, 0.3) is 0 Å². The number of nitriles is 1. The molecule has 0 radical (unpaired) electrons. The number of nitrogen functional groups attached to an aromatic ring is 1. The lowest BCUT2D eigenvalue weighted by atomic mass is 10.2. The van der Waals surface area contributed by atoms with E-state index in [4.69, 9.17) is 15.7 Å². The van der Waals surface area contributed by atoms with Gasteiger partial charge in [0.05, 0.1) is 11.3 Å². The number of nitrogens with two attached hydrogens (primary N) is 1. The van der Waals surface area contributed by atoms with Crippen LogP contribution in [-0.4, -0.2) is 9.78 Å². The highest BCUT2D eigenvalue weighted by atomic mass is 16.5. The van der Waals surface area contributed by atoms with Gasteiger partial charge in [-0.05, 0) is 38.1 Å². The van der Waals surface area contributed by atoms with Crippen molar-refractivity contribution in [3.8, 4) is 11.8 Å². The molecule has 0 aliphatic carbocycles. The van der Waals surface area contributed by atoms with Gasteiger partial charge in [-0.2, -0.15) is 10.4 Å². The minimum atomic E-state index is 0.319. The van der Waals surface area contributed by atoms with E-state index in [0.29, 0.717) is 29.6 Å². The molecule has 0 atom stereocenters. The fourth-order valence-corrected chi connectivity index (χ4v) is 1.65. The fraction of sp³-hybridized carbons (Fsp3) is 0.286. The molecule has 1 aromatic heterocycles. The van der Waals surface area contributed by atoms with Gasteiger partial charge in [-0.1, -0.05) is 0 Å². The van der Waals surface area contributed by atoms with Crippen LogP contribution in [-0.2, 0) is 6.61 Å². The lowest BCUT2D eigenvalue weighted by Crippen LogP contribution is -2.04. The first-order chi connectivity index (χ1) is 9.10. The molecular formula is C14H16N4O. The molecule has 0 bridgehead atoms. The minimum Gasteiger partial charge on any atom is -0.486 e. The van der Waals surface area contributed by atoms with Gasteiger partial charge in [-0.15, -0.1) is 0 Å². The van der Waals surface area contributed by atoms with E-state index in [-0.39, 0.29) is 0 Å². The first-order valence-electron chi connectivity index (χ1n) is 6.06. The Hall–Kier alpha value is -2.48. The van der Waals surface area contributed by atoms with Crippen molar-refractivity contribution in [2.24, 2.45) is 0 Å². The van der Waals surface area contributed by atoms with Crippen LogP contribution in [0.15, 0.2) is 30.5 Å². The molecule has 98 valence electrons. The van der Waals surface area contributed by atoms with E-state index in [2.05, 4.69) is 25.0 Å². The second-order valence-electron chi connectivity index (χ2n) is 4.54. The molecule has 0 saturated heterocycles. The molecule has 1 aromatic carbocycles. The van der Waals surface area contributed by atoms with E-state index in [1.807, 2.05) is 16.9 Å². The van der Waals surface area contributed by atoms with Crippen molar-refractivity contribution >= 4 is 5.69 Å². The zero-order chi connectivity index (χ0) is 13.8. The first-order valence-corrected chi connectivity index (χ1v) is 6.06. The summed E-state index contributed by atoms with van der Waals surface area (Å²) in [6.07, 6.45) is 1.91. The van der Waals surface area contributed by atoms with Crippen LogP contribution in [0.4, 0.5) is 5.69 Å². The van der Waals surface area contributed by atoms with Crippen LogP contribution in [0.25, 0.3) is 0 Å². The molecule has 0 amide bonds. The van der Waals surface area contributed by atoms with Gasteiger partial charge in [0.1, 0.15) is 18.4 Å². The Morgan fingerprint density at radius 1 is 1.42 bits per heavy atom. The third-order valence-electron chi connectivity index (χ3n) is 2.69. The van der Waals surface area contributed by atoms with E-state index >= 15 is 0 Å².